The molecule has 96 valence electrons. The highest BCUT2D eigenvalue weighted by molar-refractivity contribution is 4.87. The summed E-state index contributed by atoms with van der Waals surface area (Å²) in [6.45, 7) is 9.35. The SMILES string of the molecule is CNC(C)(CO)CC(C)N1CCC(C)CC1. The van der Waals surface area contributed by atoms with Gasteiger partial charge in [0, 0.05) is 11.6 Å². The third-order valence-corrected chi connectivity index (χ3v) is 4.14. The largest absolute Gasteiger partial charge is 0.394 e. The molecule has 0 spiro atoms. The first-order valence-electron chi connectivity index (χ1n) is 6.54. The number of likely N-dealkylation sites (tertiary alicyclic amines) is 1. The zero-order valence-corrected chi connectivity index (χ0v) is 11.3. The van der Waals surface area contributed by atoms with Gasteiger partial charge in [-0.1, -0.05) is 6.92 Å². The third-order valence-electron chi connectivity index (χ3n) is 4.14. The lowest BCUT2D eigenvalue weighted by Gasteiger charge is -2.39. The van der Waals surface area contributed by atoms with E-state index < -0.39 is 0 Å². The summed E-state index contributed by atoms with van der Waals surface area (Å²) in [5.74, 6) is 0.886. The lowest BCUT2D eigenvalue weighted by Crippen LogP contribution is -2.50. The lowest BCUT2D eigenvalue weighted by molar-refractivity contribution is 0.0959. The predicted molar refractivity (Wildman–Crippen MR) is 68.6 cm³/mol. The molecule has 1 fully saturated rings. The first-order chi connectivity index (χ1) is 7.50. The normalized spacial score (nSPS) is 25.3. The molecule has 1 heterocycles. The van der Waals surface area contributed by atoms with E-state index in [4.69, 9.17) is 0 Å². The van der Waals surface area contributed by atoms with E-state index in [1.807, 2.05) is 7.05 Å². The number of hydrogen-bond acceptors (Lipinski definition) is 3. The van der Waals surface area contributed by atoms with Crippen LogP contribution in [0.15, 0.2) is 0 Å². The van der Waals surface area contributed by atoms with Gasteiger partial charge in [-0.2, -0.15) is 0 Å². The summed E-state index contributed by atoms with van der Waals surface area (Å²) in [5, 5.41) is 12.6. The van der Waals surface area contributed by atoms with Gasteiger partial charge in [-0.3, -0.25) is 0 Å². The summed E-state index contributed by atoms with van der Waals surface area (Å²) in [6, 6.07) is 0.553. The minimum Gasteiger partial charge on any atom is -0.394 e. The molecule has 1 rings (SSSR count). The van der Waals surface area contributed by atoms with Crippen LogP contribution >= 0.6 is 0 Å². The van der Waals surface area contributed by atoms with Gasteiger partial charge in [-0.15, -0.1) is 0 Å². The Morgan fingerprint density at radius 1 is 1.44 bits per heavy atom. The molecular weight excluding hydrogens is 200 g/mol. The van der Waals surface area contributed by atoms with E-state index in [9.17, 15) is 5.11 Å². The summed E-state index contributed by atoms with van der Waals surface area (Å²) in [7, 11) is 1.93. The van der Waals surface area contributed by atoms with Gasteiger partial charge < -0.3 is 15.3 Å². The van der Waals surface area contributed by atoms with Gasteiger partial charge in [0.1, 0.15) is 0 Å². The van der Waals surface area contributed by atoms with Gasteiger partial charge in [0.25, 0.3) is 0 Å². The fourth-order valence-electron chi connectivity index (χ4n) is 2.50. The van der Waals surface area contributed by atoms with Crippen molar-refractivity contribution < 1.29 is 5.11 Å². The van der Waals surface area contributed by atoms with Crippen molar-refractivity contribution in [3.8, 4) is 0 Å². The van der Waals surface area contributed by atoms with Crippen molar-refractivity contribution in [1.29, 1.82) is 0 Å². The molecule has 1 aliphatic heterocycles. The Hall–Kier alpha value is -0.120. The predicted octanol–water partition coefficient (Wildman–Crippen LogP) is 1.47. The quantitative estimate of drug-likeness (QED) is 0.748. The molecule has 2 N–H and O–H groups in total. The molecule has 0 bridgehead atoms. The fraction of sp³-hybridized carbons (Fsp3) is 1.00. The van der Waals surface area contributed by atoms with Crippen LogP contribution in [-0.2, 0) is 0 Å². The smallest absolute Gasteiger partial charge is 0.0611 e. The van der Waals surface area contributed by atoms with Gasteiger partial charge in [0.15, 0.2) is 0 Å². The molecule has 0 aromatic carbocycles. The summed E-state index contributed by atoms with van der Waals surface area (Å²) in [4.78, 5) is 2.56. The van der Waals surface area contributed by atoms with Crippen molar-refractivity contribution in [1.82, 2.24) is 10.2 Å². The molecule has 3 nitrogen and oxygen atoms in total. The van der Waals surface area contributed by atoms with Crippen LogP contribution in [0.25, 0.3) is 0 Å². The van der Waals surface area contributed by atoms with Crippen LogP contribution in [0.5, 0.6) is 0 Å². The average molecular weight is 228 g/mol. The Kier molecular flexibility index (Phi) is 5.22. The maximum Gasteiger partial charge on any atom is 0.0611 e. The standard InChI is InChI=1S/C13H28N2O/c1-11-5-7-15(8-6-11)12(2)9-13(3,10-16)14-4/h11-12,14,16H,5-10H2,1-4H3. The van der Waals surface area contributed by atoms with Crippen molar-refractivity contribution in [3.63, 3.8) is 0 Å². The number of rotatable bonds is 5. The van der Waals surface area contributed by atoms with Gasteiger partial charge in [-0.25, -0.2) is 0 Å². The maximum absolute atomic E-state index is 9.39. The number of aliphatic hydroxyl groups excluding tert-OH is 1. The minimum absolute atomic E-state index is 0.136. The van der Waals surface area contributed by atoms with Crippen molar-refractivity contribution in [2.45, 2.75) is 51.6 Å². The number of hydrogen-bond donors (Lipinski definition) is 2. The van der Waals surface area contributed by atoms with Gasteiger partial charge in [0.05, 0.1) is 6.61 Å². The molecule has 0 aromatic rings. The molecule has 0 saturated carbocycles. The van der Waals surface area contributed by atoms with Crippen LogP contribution in [0, 0.1) is 5.92 Å². The van der Waals surface area contributed by atoms with Crippen molar-refractivity contribution in [2.24, 2.45) is 5.92 Å². The average Bonchev–Trinajstić information content (AvgIpc) is 2.29. The Labute approximate surface area is 100 Å². The number of aliphatic hydroxyl groups is 1. The summed E-state index contributed by atoms with van der Waals surface area (Å²) >= 11 is 0. The van der Waals surface area contributed by atoms with Crippen LogP contribution < -0.4 is 5.32 Å². The van der Waals surface area contributed by atoms with Crippen molar-refractivity contribution in [3.05, 3.63) is 0 Å². The van der Waals surface area contributed by atoms with E-state index in [2.05, 4.69) is 31.0 Å². The number of piperidine rings is 1. The molecule has 0 amide bonds. The van der Waals surface area contributed by atoms with Crippen LogP contribution in [0.2, 0.25) is 0 Å². The lowest BCUT2D eigenvalue weighted by atomic mass is 9.91. The Balaban J connectivity index is 2.42. The zero-order valence-electron chi connectivity index (χ0n) is 11.3. The Morgan fingerprint density at radius 3 is 2.44 bits per heavy atom. The van der Waals surface area contributed by atoms with Crippen LogP contribution in [0.1, 0.15) is 40.0 Å². The van der Waals surface area contributed by atoms with Gasteiger partial charge >= 0.3 is 0 Å². The Morgan fingerprint density at radius 2 is 2.00 bits per heavy atom. The van der Waals surface area contributed by atoms with Crippen molar-refractivity contribution >= 4 is 0 Å². The molecule has 1 saturated heterocycles. The van der Waals surface area contributed by atoms with Gasteiger partial charge in [-0.05, 0) is 59.2 Å². The number of likely N-dealkylation sites (N-methyl/N-ethyl adjacent to an activating group) is 1. The minimum atomic E-state index is -0.136. The van der Waals surface area contributed by atoms with E-state index in [1.54, 1.807) is 0 Å². The summed E-state index contributed by atoms with van der Waals surface area (Å²) in [5.41, 5.74) is -0.136. The highest BCUT2D eigenvalue weighted by Gasteiger charge is 2.28. The number of nitrogens with zero attached hydrogens (tertiary/aromatic N) is 1. The van der Waals surface area contributed by atoms with E-state index in [0.717, 1.165) is 12.3 Å². The highest BCUT2D eigenvalue weighted by atomic mass is 16.3. The molecule has 2 unspecified atom stereocenters. The van der Waals surface area contributed by atoms with Crippen LogP contribution in [0.4, 0.5) is 0 Å². The second kappa shape index (κ2) is 5.99. The van der Waals surface area contributed by atoms with E-state index in [0.29, 0.717) is 6.04 Å². The second-order valence-electron chi connectivity index (χ2n) is 5.74. The first-order valence-corrected chi connectivity index (χ1v) is 6.54. The zero-order chi connectivity index (χ0) is 12.2. The van der Waals surface area contributed by atoms with Crippen molar-refractivity contribution in [2.75, 3.05) is 26.7 Å². The van der Waals surface area contributed by atoms with Gasteiger partial charge in [0.2, 0.25) is 0 Å². The Bertz CT molecular complexity index is 196. The third kappa shape index (κ3) is 3.72. The van der Waals surface area contributed by atoms with E-state index in [1.165, 1.54) is 25.9 Å². The molecule has 0 aliphatic carbocycles. The molecule has 2 atom stereocenters. The molecule has 0 radical (unpaired) electrons. The summed E-state index contributed by atoms with van der Waals surface area (Å²) < 4.78 is 0. The second-order valence-corrected chi connectivity index (χ2v) is 5.74. The van der Waals surface area contributed by atoms with E-state index in [-0.39, 0.29) is 12.1 Å². The summed E-state index contributed by atoms with van der Waals surface area (Å²) in [6.07, 6.45) is 3.65. The first kappa shape index (κ1) is 13.9. The highest BCUT2D eigenvalue weighted by Crippen LogP contribution is 2.22. The van der Waals surface area contributed by atoms with E-state index >= 15 is 0 Å². The molecule has 0 aromatic heterocycles. The maximum atomic E-state index is 9.39. The topological polar surface area (TPSA) is 35.5 Å². The fourth-order valence-corrected chi connectivity index (χ4v) is 2.50. The monoisotopic (exact) mass is 228 g/mol. The number of nitrogens with one attached hydrogen (secondary N) is 1. The molecule has 3 heteroatoms. The molecular formula is C13H28N2O. The molecule has 16 heavy (non-hydrogen) atoms. The van der Waals surface area contributed by atoms with Crippen LogP contribution in [0.3, 0.4) is 0 Å². The van der Waals surface area contributed by atoms with Crippen LogP contribution in [-0.4, -0.2) is 48.3 Å². The molecule has 1 aliphatic rings.